The van der Waals surface area contributed by atoms with Crippen LogP contribution in [0.3, 0.4) is 0 Å². The van der Waals surface area contributed by atoms with Gasteiger partial charge in [0.1, 0.15) is 0 Å². The number of hydrogen-bond donors (Lipinski definition) is 0. The Morgan fingerprint density at radius 3 is 2.58 bits per heavy atom. The van der Waals surface area contributed by atoms with E-state index < -0.39 is 10.2 Å². The van der Waals surface area contributed by atoms with Gasteiger partial charge in [-0.25, -0.2) is 0 Å². The molecule has 0 unspecified atom stereocenters. The van der Waals surface area contributed by atoms with Crippen LogP contribution in [0, 0.1) is 0 Å². The zero-order chi connectivity index (χ0) is 17.5. The van der Waals surface area contributed by atoms with Gasteiger partial charge in [-0.15, -0.1) is 0 Å². The van der Waals surface area contributed by atoms with E-state index in [0.29, 0.717) is 25.3 Å². The molecule has 0 spiro atoms. The third-order valence-electron chi connectivity index (χ3n) is 4.29. The van der Waals surface area contributed by atoms with Crippen molar-refractivity contribution < 1.29 is 8.42 Å². The van der Waals surface area contributed by atoms with Gasteiger partial charge in [0.15, 0.2) is 0 Å². The van der Waals surface area contributed by atoms with Crippen molar-refractivity contribution in [1.29, 1.82) is 0 Å². The minimum absolute atomic E-state index is 0.0433. The summed E-state index contributed by atoms with van der Waals surface area (Å²) in [6, 6.07) is 8.17. The average molecular weight is 348 g/mol. The summed E-state index contributed by atoms with van der Waals surface area (Å²) >= 11 is 0. The van der Waals surface area contributed by atoms with Crippen LogP contribution in [0.15, 0.2) is 36.7 Å². The monoisotopic (exact) mass is 348 g/mol. The van der Waals surface area contributed by atoms with Crippen LogP contribution in [0.1, 0.15) is 31.9 Å². The lowest BCUT2D eigenvalue weighted by Crippen LogP contribution is -2.32. The number of aryl methyl sites for hydroxylation is 1. The van der Waals surface area contributed by atoms with E-state index in [1.54, 1.807) is 24.1 Å². The van der Waals surface area contributed by atoms with E-state index in [1.807, 2.05) is 12.1 Å². The molecule has 0 atom stereocenters. The summed E-state index contributed by atoms with van der Waals surface area (Å²) in [5.74, 6) is 0. The Bertz CT molecular complexity index is 836. The van der Waals surface area contributed by atoms with Gasteiger partial charge in [-0.05, 0) is 16.5 Å². The molecule has 130 valence electrons. The van der Waals surface area contributed by atoms with Crippen LogP contribution in [0.5, 0.6) is 0 Å². The lowest BCUT2D eigenvalue weighted by Gasteiger charge is -2.22. The molecule has 6 nitrogen and oxygen atoms in total. The molecule has 1 aromatic heterocycles. The van der Waals surface area contributed by atoms with Crippen molar-refractivity contribution >= 4 is 15.9 Å². The maximum Gasteiger partial charge on any atom is 0.304 e. The standard InChI is InChI=1S/C17H24N4O2S/c1-17(2,3)15-7-5-6-14(10-15)12-20-8-9-21(24(20,22)23)16-11-18-19(4)13-16/h5-7,10-11,13H,8-9,12H2,1-4H3. The van der Waals surface area contributed by atoms with Gasteiger partial charge < -0.3 is 0 Å². The highest BCUT2D eigenvalue weighted by Crippen LogP contribution is 2.27. The van der Waals surface area contributed by atoms with Crippen molar-refractivity contribution in [2.24, 2.45) is 7.05 Å². The van der Waals surface area contributed by atoms with Crippen LogP contribution in [-0.2, 0) is 29.2 Å². The van der Waals surface area contributed by atoms with Crippen molar-refractivity contribution in [3.05, 3.63) is 47.8 Å². The highest BCUT2D eigenvalue weighted by atomic mass is 32.2. The number of hydrogen-bond acceptors (Lipinski definition) is 3. The van der Waals surface area contributed by atoms with Gasteiger partial charge in [0.05, 0.1) is 11.9 Å². The van der Waals surface area contributed by atoms with Crippen molar-refractivity contribution in [3.8, 4) is 0 Å². The zero-order valence-electron chi connectivity index (χ0n) is 14.6. The minimum Gasteiger partial charge on any atom is -0.274 e. The van der Waals surface area contributed by atoms with E-state index in [4.69, 9.17) is 0 Å². The molecule has 1 fully saturated rings. The number of aromatic nitrogens is 2. The van der Waals surface area contributed by atoms with Gasteiger partial charge in [-0.3, -0.25) is 8.99 Å². The van der Waals surface area contributed by atoms with E-state index in [-0.39, 0.29) is 5.41 Å². The largest absolute Gasteiger partial charge is 0.304 e. The molecule has 3 rings (SSSR count). The molecular formula is C17H24N4O2S. The highest BCUT2D eigenvalue weighted by Gasteiger charge is 2.37. The summed E-state index contributed by atoms with van der Waals surface area (Å²) in [5.41, 5.74) is 2.88. The third kappa shape index (κ3) is 3.18. The molecule has 1 aliphatic heterocycles. The lowest BCUT2D eigenvalue weighted by molar-refractivity contribution is 0.445. The predicted octanol–water partition coefficient (Wildman–Crippen LogP) is 2.28. The molecule has 0 saturated carbocycles. The Kier molecular flexibility index (Phi) is 4.17. The van der Waals surface area contributed by atoms with Gasteiger partial charge >= 0.3 is 10.2 Å². The molecule has 24 heavy (non-hydrogen) atoms. The Labute approximate surface area is 143 Å². The molecule has 1 saturated heterocycles. The van der Waals surface area contributed by atoms with Crippen molar-refractivity contribution in [2.45, 2.75) is 32.7 Å². The van der Waals surface area contributed by atoms with E-state index in [9.17, 15) is 8.42 Å². The smallest absolute Gasteiger partial charge is 0.274 e. The summed E-state index contributed by atoms with van der Waals surface area (Å²) in [6.45, 7) is 7.79. The first-order valence-electron chi connectivity index (χ1n) is 8.04. The Balaban J connectivity index is 1.82. The van der Waals surface area contributed by atoms with E-state index in [0.717, 1.165) is 5.56 Å². The minimum atomic E-state index is -3.50. The summed E-state index contributed by atoms with van der Waals surface area (Å²) in [7, 11) is -1.72. The van der Waals surface area contributed by atoms with Crippen LogP contribution < -0.4 is 4.31 Å². The topological polar surface area (TPSA) is 58.4 Å². The molecule has 0 bridgehead atoms. The molecule has 0 N–H and O–H groups in total. The normalized spacial score (nSPS) is 18.2. The first kappa shape index (κ1) is 17.0. The summed E-state index contributed by atoms with van der Waals surface area (Å²) in [4.78, 5) is 0. The Hall–Kier alpha value is -1.86. The van der Waals surface area contributed by atoms with Gasteiger partial charge in [-0.1, -0.05) is 45.0 Å². The molecule has 2 aromatic rings. The second-order valence-electron chi connectivity index (χ2n) is 7.24. The molecule has 0 aliphatic carbocycles. The predicted molar refractivity (Wildman–Crippen MR) is 95.0 cm³/mol. The fourth-order valence-electron chi connectivity index (χ4n) is 2.87. The van der Waals surface area contributed by atoms with Crippen LogP contribution in [-0.4, -0.2) is 35.6 Å². The maximum absolute atomic E-state index is 12.8. The Morgan fingerprint density at radius 1 is 1.21 bits per heavy atom. The summed E-state index contributed by atoms with van der Waals surface area (Å²) in [5, 5.41) is 4.07. The van der Waals surface area contributed by atoms with E-state index >= 15 is 0 Å². The molecule has 2 heterocycles. The SMILES string of the molecule is Cn1cc(N2CCN(Cc3cccc(C(C)(C)C)c3)S2(=O)=O)cn1. The van der Waals surface area contributed by atoms with Gasteiger partial charge in [0, 0.05) is 32.9 Å². The average Bonchev–Trinajstić information content (AvgIpc) is 3.02. The summed E-state index contributed by atoms with van der Waals surface area (Å²) < 4.78 is 30.2. The highest BCUT2D eigenvalue weighted by molar-refractivity contribution is 7.90. The third-order valence-corrected chi connectivity index (χ3v) is 6.20. The van der Waals surface area contributed by atoms with Crippen LogP contribution in [0.4, 0.5) is 5.69 Å². The molecule has 1 aromatic carbocycles. The molecule has 7 heteroatoms. The van der Waals surface area contributed by atoms with Crippen molar-refractivity contribution in [1.82, 2.24) is 14.1 Å². The first-order chi connectivity index (χ1) is 11.2. The quantitative estimate of drug-likeness (QED) is 0.855. The fourth-order valence-corrected chi connectivity index (χ4v) is 4.45. The van der Waals surface area contributed by atoms with Crippen molar-refractivity contribution in [2.75, 3.05) is 17.4 Å². The van der Waals surface area contributed by atoms with E-state index in [2.05, 4.69) is 38.0 Å². The van der Waals surface area contributed by atoms with Crippen LogP contribution in [0.2, 0.25) is 0 Å². The van der Waals surface area contributed by atoms with Crippen LogP contribution >= 0.6 is 0 Å². The lowest BCUT2D eigenvalue weighted by atomic mass is 9.86. The second kappa shape index (κ2) is 5.89. The number of anilines is 1. The van der Waals surface area contributed by atoms with Crippen molar-refractivity contribution in [3.63, 3.8) is 0 Å². The molecule has 0 amide bonds. The zero-order valence-corrected chi connectivity index (χ0v) is 15.4. The number of nitrogens with zero attached hydrogens (tertiary/aromatic N) is 4. The second-order valence-corrected chi connectivity index (χ2v) is 9.09. The number of benzene rings is 1. The molecule has 0 radical (unpaired) electrons. The Morgan fingerprint density at radius 2 is 1.96 bits per heavy atom. The van der Waals surface area contributed by atoms with E-state index in [1.165, 1.54) is 14.2 Å². The van der Waals surface area contributed by atoms with Gasteiger partial charge in [-0.2, -0.15) is 17.8 Å². The first-order valence-corrected chi connectivity index (χ1v) is 9.43. The summed E-state index contributed by atoms with van der Waals surface area (Å²) in [6.07, 6.45) is 3.31. The van der Waals surface area contributed by atoms with Gasteiger partial charge in [0.25, 0.3) is 0 Å². The van der Waals surface area contributed by atoms with Gasteiger partial charge in [0.2, 0.25) is 0 Å². The maximum atomic E-state index is 12.8. The molecule has 1 aliphatic rings. The number of rotatable bonds is 3. The fraction of sp³-hybridized carbons (Fsp3) is 0.471. The molecular weight excluding hydrogens is 324 g/mol. The van der Waals surface area contributed by atoms with Crippen LogP contribution in [0.25, 0.3) is 0 Å².